The molecule has 2 aliphatic heterocycles. The highest BCUT2D eigenvalue weighted by Crippen LogP contribution is 2.41. The normalized spacial score (nSPS) is 24.6. The number of nitrogens with zero attached hydrogens (tertiary/aromatic N) is 3. The van der Waals surface area contributed by atoms with E-state index >= 15 is 0 Å². The molecule has 2 bridgehead atoms. The number of aromatic nitrogens is 2. The first-order valence-corrected chi connectivity index (χ1v) is 8.69. The summed E-state index contributed by atoms with van der Waals surface area (Å²) in [6.07, 6.45) is 5.60. The Morgan fingerprint density at radius 2 is 1.88 bits per heavy atom. The molecule has 2 amide bonds. The first kappa shape index (κ1) is 16.0. The highest BCUT2D eigenvalue weighted by Gasteiger charge is 2.46. The molecule has 4 rings (SSSR count). The molecule has 0 spiro atoms. The van der Waals surface area contributed by atoms with Gasteiger partial charge in [0.2, 0.25) is 0 Å². The van der Waals surface area contributed by atoms with Gasteiger partial charge < -0.3 is 10.2 Å². The van der Waals surface area contributed by atoms with Crippen LogP contribution in [0.5, 0.6) is 0 Å². The lowest BCUT2D eigenvalue weighted by atomic mass is 9.74. The van der Waals surface area contributed by atoms with Crippen molar-refractivity contribution in [3.63, 3.8) is 0 Å². The van der Waals surface area contributed by atoms with E-state index in [0.717, 1.165) is 42.8 Å². The Hall–Kier alpha value is -2.50. The molecule has 5 nitrogen and oxygen atoms in total. The predicted octanol–water partition coefficient (Wildman–Crippen LogP) is 4.00. The Labute approximate surface area is 146 Å². The third kappa shape index (κ3) is 2.97. The number of carbonyl (C=O) groups is 1. The maximum Gasteiger partial charge on any atom is 0.322 e. The lowest BCUT2D eigenvalue weighted by molar-refractivity contribution is -0.00600. The molecule has 1 unspecified atom stereocenters. The van der Waals surface area contributed by atoms with Gasteiger partial charge in [-0.1, -0.05) is 13.0 Å². The summed E-state index contributed by atoms with van der Waals surface area (Å²) in [5.41, 5.74) is 2.46. The molecule has 130 valence electrons. The molecular weight excluding hydrogens is 319 g/mol. The van der Waals surface area contributed by atoms with Gasteiger partial charge in [0, 0.05) is 23.3 Å². The molecule has 0 aliphatic carbocycles. The van der Waals surface area contributed by atoms with Gasteiger partial charge in [0.15, 0.2) is 11.6 Å². The number of carbonyl (C=O) groups excluding carboxylic acids is 1. The number of rotatable bonds is 2. The number of piperidine rings is 1. The zero-order valence-corrected chi connectivity index (χ0v) is 14.4. The molecule has 6 heteroatoms. The van der Waals surface area contributed by atoms with Gasteiger partial charge in [-0.05, 0) is 49.8 Å². The second kappa shape index (κ2) is 6.10. The van der Waals surface area contributed by atoms with Crippen LogP contribution in [0.1, 0.15) is 31.7 Å². The second-order valence-corrected chi connectivity index (χ2v) is 7.21. The van der Waals surface area contributed by atoms with Crippen molar-refractivity contribution in [3.05, 3.63) is 42.0 Å². The third-order valence-electron chi connectivity index (χ3n) is 5.26. The summed E-state index contributed by atoms with van der Waals surface area (Å²) in [6, 6.07) is 6.34. The van der Waals surface area contributed by atoms with Crippen LogP contribution in [0.2, 0.25) is 0 Å². The van der Waals surface area contributed by atoms with E-state index in [1.54, 1.807) is 0 Å². The van der Waals surface area contributed by atoms with Gasteiger partial charge in [-0.2, -0.15) is 0 Å². The molecule has 0 radical (unpaired) electrons. The van der Waals surface area contributed by atoms with Crippen LogP contribution in [0.3, 0.4) is 0 Å². The summed E-state index contributed by atoms with van der Waals surface area (Å²) < 4.78 is 13.0. The number of hydrogen-bond acceptors (Lipinski definition) is 3. The van der Waals surface area contributed by atoms with Gasteiger partial charge >= 0.3 is 6.03 Å². The van der Waals surface area contributed by atoms with Crippen molar-refractivity contribution in [3.8, 4) is 11.4 Å². The molecule has 2 fully saturated rings. The lowest BCUT2D eigenvalue weighted by Crippen LogP contribution is -2.63. The van der Waals surface area contributed by atoms with Crippen molar-refractivity contribution < 1.29 is 9.18 Å². The highest BCUT2D eigenvalue weighted by molar-refractivity contribution is 5.91. The second-order valence-electron chi connectivity index (χ2n) is 7.21. The van der Waals surface area contributed by atoms with E-state index in [2.05, 4.69) is 22.2 Å². The monoisotopic (exact) mass is 340 g/mol. The van der Waals surface area contributed by atoms with Crippen molar-refractivity contribution >= 4 is 11.7 Å². The van der Waals surface area contributed by atoms with Crippen LogP contribution in [0.25, 0.3) is 11.4 Å². The highest BCUT2D eigenvalue weighted by atomic mass is 19.1. The lowest BCUT2D eigenvalue weighted by Gasteiger charge is -2.54. The molecule has 3 atom stereocenters. The van der Waals surface area contributed by atoms with E-state index in [4.69, 9.17) is 0 Å². The van der Waals surface area contributed by atoms with Gasteiger partial charge in [0.05, 0.1) is 12.4 Å². The summed E-state index contributed by atoms with van der Waals surface area (Å²) in [6.45, 7) is 4.19. The van der Waals surface area contributed by atoms with Gasteiger partial charge in [0.25, 0.3) is 0 Å². The number of halogens is 1. The number of nitrogens with one attached hydrogen (secondary N) is 1. The molecule has 2 aromatic rings. The zero-order chi connectivity index (χ0) is 17.6. The van der Waals surface area contributed by atoms with Crippen LogP contribution >= 0.6 is 0 Å². The van der Waals surface area contributed by atoms with Crippen LogP contribution in [0.4, 0.5) is 14.9 Å². The number of anilines is 1. The number of fused-ring (bicyclic) bond motifs is 2. The van der Waals surface area contributed by atoms with Crippen molar-refractivity contribution in [2.24, 2.45) is 5.92 Å². The maximum atomic E-state index is 13.0. The Balaban J connectivity index is 1.53. The molecule has 25 heavy (non-hydrogen) atoms. The molecule has 3 heterocycles. The van der Waals surface area contributed by atoms with Crippen LogP contribution in [-0.2, 0) is 0 Å². The summed E-state index contributed by atoms with van der Waals surface area (Å²) >= 11 is 0. The Bertz CT molecular complexity index is 796. The van der Waals surface area contributed by atoms with Gasteiger partial charge in [-0.25, -0.2) is 19.2 Å². The van der Waals surface area contributed by atoms with E-state index < -0.39 is 5.82 Å². The van der Waals surface area contributed by atoms with Gasteiger partial charge in [0.1, 0.15) is 0 Å². The number of urea groups is 1. The third-order valence-corrected chi connectivity index (χ3v) is 5.26. The van der Waals surface area contributed by atoms with Gasteiger partial charge in [-0.3, -0.25) is 0 Å². The molecular formula is C19H21FN4O. The van der Waals surface area contributed by atoms with E-state index in [1.165, 1.54) is 0 Å². The first-order chi connectivity index (χ1) is 12.0. The average molecular weight is 340 g/mol. The summed E-state index contributed by atoms with van der Waals surface area (Å²) in [4.78, 5) is 22.7. The van der Waals surface area contributed by atoms with Crippen molar-refractivity contribution in [2.75, 3.05) is 5.32 Å². The number of hydrogen-bond donors (Lipinski definition) is 1. The molecule has 1 aromatic carbocycles. The van der Waals surface area contributed by atoms with Crippen molar-refractivity contribution in [2.45, 2.75) is 45.2 Å². The zero-order valence-electron chi connectivity index (χ0n) is 14.4. The number of amides is 2. The largest absolute Gasteiger partial charge is 0.322 e. The summed E-state index contributed by atoms with van der Waals surface area (Å²) in [5, 5.41) is 2.99. The Kier molecular flexibility index (Phi) is 3.90. The minimum absolute atomic E-state index is 0.0389. The first-order valence-electron chi connectivity index (χ1n) is 8.69. The smallest absolute Gasteiger partial charge is 0.318 e. The minimum atomic E-state index is -0.468. The van der Waals surface area contributed by atoms with Gasteiger partial charge in [-0.15, -0.1) is 0 Å². The van der Waals surface area contributed by atoms with Crippen molar-refractivity contribution in [1.82, 2.24) is 14.9 Å². The standard InChI is InChI=1S/C19H21FN4O/c1-11-5-15-8-16(6-11)24(15)19(25)23-14-4-3-12(2)17(7-14)18-21-9-13(20)10-22-18/h3-4,7,9-11,15-16H,5-6,8H2,1-2H3,(H,23,25)/t11-,15-,16?/m1/s1. The average Bonchev–Trinajstić information content (AvgIpc) is 2.57. The SMILES string of the molecule is Cc1ccc(NC(=O)N2C3C[C@H](C)C[C@@H]2C3)cc1-c1ncc(F)cn1. The Morgan fingerprint density at radius 3 is 2.56 bits per heavy atom. The van der Waals surface area contributed by atoms with Crippen LogP contribution in [0, 0.1) is 18.7 Å². The fourth-order valence-corrected chi connectivity index (χ4v) is 4.06. The predicted molar refractivity (Wildman–Crippen MR) is 93.6 cm³/mol. The minimum Gasteiger partial charge on any atom is -0.318 e. The number of aryl methyl sites for hydroxylation is 1. The summed E-state index contributed by atoms with van der Waals surface area (Å²) in [5.74, 6) is 0.684. The topological polar surface area (TPSA) is 58.1 Å². The summed E-state index contributed by atoms with van der Waals surface area (Å²) in [7, 11) is 0. The van der Waals surface area contributed by atoms with Crippen LogP contribution in [0.15, 0.2) is 30.6 Å². The fraction of sp³-hybridized carbons (Fsp3) is 0.421. The molecule has 2 saturated heterocycles. The number of benzene rings is 1. The van der Waals surface area contributed by atoms with E-state index in [0.29, 0.717) is 29.5 Å². The van der Waals surface area contributed by atoms with Crippen LogP contribution in [-0.4, -0.2) is 33.0 Å². The van der Waals surface area contributed by atoms with Crippen LogP contribution < -0.4 is 5.32 Å². The fourth-order valence-electron chi connectivity index (χ4n) is 4.06. The van der Waals surface area contributed by atoms with Crippen molar-refractivity contribution in [1.29, 1.82) is 0 Å². The molecule has 1 N–H and O–H groups in total. The quantitative estimate of drug-likeness (QED) is 0.899. The Morgan fingerprint density at radius 1 is 1.20 bits per heavy atom. The van der Waals surface area contributed by atoms with E-state index in [-0.39, 0.29) is 6.03 Å². The molecule has 1 aromatic heterocycles. The molecule has 2 aliphatic rings. The molecule has 0 saturated carbocycles. The van der Waals surface area contributed by atoms with E-state index in [1.807, 2.05) is 30.0 Å². The maximum absolute atomic E-state index is 13.0. The van der Waals surface area contributed by atoms with E-state index in [9.17, 15) is 9.18 Å².